The number of carbonyl (C=O) groups excluding carboxylic acids is 2. The Labute approximate surface area is 197 Å². The van der Waals surface area contributed by atoms with E-state index >= 15 is 0 Å². The van der Waals surface area contributed by atoms with Crippen LogP contribution < -0.4 is 14.4 Å². The minimum absolute atomic E-state index is 0.0390. The standard InChI is InChI=1S/C26H26N2O6/c1-5-11-33-19-8-6-7-17(14-19)23-22(24(29)18-9-10-20(32-4)15(2)12-18)25(30)26(31)28(23)21-13-16(3)34-27-21/h6-10,12-14,23,29H,5,11H2,1-4H3/b24-22+/t23-/m1/s1. The molecule has 2 aromatic carbocycles. The second-order valence-corrected chi connectivity index (χ2v) is 8.07. The van der Waals surface area contributed by atoms with E-state index in [0.29, 0.717) is 35.0 Å². The van der Waals surface area contributed by atoms with E-state index in [0.717, 1.165) is 12.0 Å². The Kier molecular flexibility index (Phi) is 6.40. The highest BCUT2D eigenvalue weighted by Crippen LogP contribution is 2.42. The Balaban J connectivity index is 1.90. The number of methoxy groups -OCH3 is 1. The summed E-state index contributed by atoms with van der Waals surface area (Å²) in [6, 6.07) is 12.8. The van der Waals surface area contributed by atoms with Crippen molar-refractivity contribution in [2.75, 3.05) is 18.6 Å². The van der Waals surface area contributed by atoms with E-state index in [1.807, 2.05) is 13.8 Å². The predicted octanol–water partition coefficient (Wildman–Crippen LogP) is 4.72. The number of amides is 1. The van der Waals surface area contributed by atoms with Crippen LogP contribution in [0.15, 0.2) is 58.6 Å². The average Bonchev–Trinajstić information content (AvgIpc) is 3.37. The molecular formula is C26H26N2O6. The smallest absolute Gasteiger partial charge is 0.301 e. The molecule has 0 spiro atoms. The first kappa shape index (κ1) is 23.1. The Hall–Kier alpha value is -4.07. The molecule has 3 aromatic rings. The number of aliphatic hydroxyl groups is 1. The summed E-state index contributed by atoms with van der Waals surface area (Å²) in [5.41, 5.74) is 1.73. The Morgan fingerprint density at radius 2 is 1.94 bits per heavy atom. The third-order valence-electron chi connectivity index (χ3n) is 5.62. The molecule has 0 aliphatic carbocycles. The summed E-state index contributed by atoms with van der Waals surface area (Å²) in [6.45, 7) is 6.06. The van der Waals surface area contributed by atoms with Gasteiger partial charge in [0.25, 0.3) is 5.78 Å². The van der Waals surface area contributed by atoms with Gasteiger partial charge in [0, 0.05) is 11.6 Å². The lowest BCUT2D eigenvalue weighted by Gasteiger charge is -2.23. The molecule has 0 saturated carbocycles. The second-order valence-electron chi connectivity index (χ2n) is 8.07. The van der Waals surface area contributed by atoms with E-state index in [1.54, 1.807) is 62.6 Å². The van der Waals surface area contributed by atoms with Gasteiger partial charge in [-0.3, -0.25) is 14.5 Å². The van der Waals surface area contributed by atoms with Gasteiger partial charge in [-0.25, -0.2) is 0 Å². The Morgan fingerprint density at radius 3 is 2.59 bits per heavy atom. The average molecular weight is 463 g/mol. The van der Waals surface area contributed by atoms with Crippen molar-refractivity contribution < 1.29 is 28.7 Å². The van der Waals surface area contributed by atoms with Crippen LogP contribution in [-0.2, 0) is 9.59 Å². The zero-order valence-electron chi connectivity index (χ0n) is 19.5. The van der Waals surface area contributed by atoms with Gasteiger partial charge in [-0.15, -0.1) is 0 Å². The van der Waals surface area contributed by atoms with E-state index in [1.165, 1.54) is 4.90 Å². The van der Waals surface area contributed by atoms with Gasteiger partial charge in [0.15, 0.2) is 5.82 Å². The van der Waals surface area contributed by atoms with Crippen LogP contribution in [0.3, 0.4) is 0 Å². The molecule has 8 heteroatoms. The van der Waals surface area contributed by atoms with E-state index in [9.17, 15) is 14.7 Å². The maximum Gasteiger partial charge on any atom is 0.301 e. The van der Waals surface area contributed by atoms with Crippen molar-refractivity contribution in [1.82, 2.24) is 5.16 Å². The lowest BCUT2D eigenvalue weighted by molar-refractivity contribution is -0.132. The van der Waals surface area contributed by atoms with Crippen molar-refractivity contribution in [3.8, 4) is 11.5 Å². The minimum atomic E-state index is -0.919. The number of ether oxygens (including phenoxy) is 2. The van der Waals surface area contributed by atoms with Crippen LogP contribution in [0.5, 0.6) is 11.5 Å². The van der Waals surface area contributed by atoms with Crippen LogP contribution in [0.1, 0.15) is 41.8 Å². The topological polar surface area (TPSA) is 102 Å². The highest BCUT2D eigenvalue weighted by molar-refractivity contribution is 6.51. The van der Waals surface area contributed by atoms with Gasteiger partial charge in [-0.1, -0.05) is 24.2 Å². The first-order valence-electron chi connectivity index (χ1n) is 11.0. The summed E-state index contributed by atoms with van der Waals surface area (Å²) in [5, 5.41) is 15.2. The molecule has 0 bridgehead atoms. The van der Waals surface area contributed by atoms with Gasteiger partial charge < -0.3 is 19.1 Å². The van der Waals surface area contributed by atoms with Gasteiger partial charge in [0.1, 0.15) is 23.0 Å². The van der Waals surface area contributed by atoms with Crippen LogP contribution in [-0.4, -0.2) is 35.7 Å². The van der Waals surface area contributed by atoms with Crippen molar-refractivity contribution in [1.29, 1.82) is 0 Å². The quantitative estimate of drug-likeness (QED) is 0.308. The molecule has 34 heavy (non-hydrogen) atoms. The predicted molar refractivity (Wildman–Crippen MR) is 126 cm³/mol. The van der Waals surface area contributed by atoms with Crippen molar-refractivity contribution in [2.45, 2.75) is 33.2 Å². The van der Waals surface area contributed by atoms with Crippen molar-refractivity contribution in [3.05, 3.63) is 76.6 Å². The van der Waals surface area contributed by atoms with E-state index in [-0.39, 0.29) is 17.2 Å². The molecule has 1 fully saturated rings. The fraction of sp³-hybridized carbons (Fsp3) is 0.269. The molecule has 4 rings (SSSR count). The van der Waals surface area contributed by atoms with Crippen molar-refractivity contribution in [3.63, 3.8) is 0 Å². The SMILES string of the molecule is CCCOc1cccc([C@@H]2/C(=C(\O)c3ccc(OC)c(C)c3)C(=O)C(=O)N2c2cc(C)on2)c1. The monoisotopic (exact) mass is 462 g/mol. The number of nitrogens with zero attached hydrogens (tertiary/aromatic N) is 2. The summed E-state index contributed by atoms with van der Waals surface area (Å²) in [7, 11) is 1.56. The van der Waals surface area contributed by atoms with Gasteiger partial charge in [-0.05, 0) is 61.7 Å². The summed E-state index contributed by atoms with van der Waals surface area (Å²) in [4.78, 5) is 27.7. The molecule has 1 atom stereocenters. The summed E-state index contributed by atoms with van der Waals surface area (Å²) < 4.78 is 16.2. The van der Waals surface area contributed by atoms with Crippen molar-refractivity contribution in [2.24, 2.45) is 0 Å². The lowest BCUT2D eigenvalue weighted by atomic mass is 9.94. The molecule has 1 amide bonds. The molecule has 8 nitrogen and oxygen atoms in total. The summed E-state index contributed by atoms with van der Waals surface area (Å²) >= 11 is 0. The molecule has 0 unspecified atom stereocenters. The van der Waals surface area contributed by atoms with E-state index in [2.05, 4.69) is 5.16 Å². The third-order valence-corrected chi connectivity index (χ3v) is 5.62. The van der Waals surface area contributed by atoms with Gasteiger partial charge >= 0.3 is 5.91 Å². The number of Topliss-reactive ketones (excluding diaryl/α,β-unsaturated/α-hetero) is 1. The highest BCUT2D eigenvalue weighted by atomic mass is 16.5. The van der Waals surface area contributed by atoms with Crippen LogP contribution in [0, 0.1) is 13.8 Å². The molecule has 2 heterocycles. The number of carbonyl (C=O) groups is 2. The molecule has 1 saturated heterocycles. The summed E-state index contributed by atoms with van der Waals surface area (Å²) in [6.07, 6.45) is 0.831. The number of ketones is 1. The van der Waals surface area contributed by atoms with Crippen LogP contribution >= 0.6 is 0 Å². The number of aliphatic hydroxyl groups excluding tert-OH is 1. The molecule has 0 radical (unpaired) electrons. The number of anilines is 1. The first-order chi connectivity index (χ1) is 16.3. The number of aromatic nitrogens is 1. The minimum Gasteiger partial charge on any atom is -0.507 e. The molecule has 1 aromatic heterocycles. The molecular weight excluding hydrogens is 436 g/mol. The molecule has 1 aliphatic heterocycles. The van der Waals surface area contributed by atoms with Crippen LogP contribution in [0.2, 0.25) is 0 Å². The molecule has 1 N–H and O–H groups in total. The largest absolute Gasteiger partial charge is 0.507 e. The zero-order chi connectivity index (χ0) is 24.4. The van der Waals surface area contributed by atoms with Gasteiger partial charge in [0.2, 0.25) is 0 Å². The van der Waals surface area contributed by atoms with Crippen molar-refractivity contribution >= 4 is 23.3 Å². The van der Waals surface area contributed by atoms with Gasteiger partial charge in [0.05, 0.1) is 25.3 Å². The Morgan fingerprint density at radius 1 is 1.15 bits per heavy atom. The number of hydrogen-bond donors (Lipinski definition) is 1. The number of aryl methyl sites for hydroxylation is 2. The maximum atomic E-state index is 13.2. The molecule has 176 valence electrons. The van der Waals surface area contributed by atoms with Crippen LogP contribution in [0.4, 0.5) is 5.82 Å². The summed E-state index contributed by atoms with van der Waals surface area (Å²) in [5.74, 6) is 0.0306. The third kappa shape index (κ3) is 4.14. The van der Waals surface area contributed by atoms with E-state index < -0.39 is 17.7 Å². The molecule has 1 aliphatic rings. The number of rotatable bonds is 7. The Bertz CT molecular complexity index is 1280. The maximum absolute atomic E-state index is 13.2. The fourth-order valence-electron chi connectivity index (χ4n) is 4.03. The zero-order valence-corrected chi connectivity index (χ0v) is 19.5. The van der Waals surface area contributed by atoms with Crippen LogP contribution in [0.25, 0.3) is 5.76 Å². The fourth-order valence-corrected chi connectivity index (χ4v) is 4.03. The lowest BCUT2D eigenvalue weighted by Crippen LogP contribution is -2.29. The number of benzene rings is 2. The highest BCUT2D eigenvalue weighted by Gasteiger charge is 2.48. The first-order valence-corrected chi connectivity index (χ1v) is 11.0. The normalized spacial score (nSPS) is 17.3. The van der Waals surface area contributed by atoms with E-state index in [4.69, 9.17) is 14.0 Å². The number of hydrogen-bond acceptors (Lipinski definition) is 7. The second kappa shape index (κ2) is 9.43. The van der Waals surface area contributed by atoms with Gasteiger partial charge in [-0.2, -0.15) is 0 Å².